The Morgan fingerprint density at radius 3 is 2.70 bits per heavy atom. The van der Waals surface area contributed by atoms with E-state index in [9.17, 15) is 9.59 Å². The summed E-state index contributed by atoms with van der Waals surface area (Å²) in [6.07, 6.45) is 1.06. The number of nitrogens with zero attached hydrogens (tertiary/aromatic N) is 1. The van der Waals surface area contributed by atoms with Crippen LogP contribution in [0, 0.1) is 11.8 Å². The molecule has 4 nitrogen and oxygen atoms in total. The summed E-state index contributed by atoms with van der Waals surface area (Å²) in [4.78, 5) is 25.5. The van der Waals surface area contributed by atoms with Gasteiger partial charge in [0.25, 0.3) is 0 Å². The first-order valence-corrected chi connectivity index (χ1v) is 7.18. The number of hydrogen-bond acceptors (Lipinski definition) is 2. The lowest BCUT2D eigenvalue weighted by atomic mass is 10.1. The fourth-order valence-electron chi connectivity index (χ4n) is 2.48. The van der Waals surface area contributed by atoms with Gasteiger partial charge in [-0.15, -0.1) is 0 Å². The number of rotatable bonds is 5. The van der Waals surface area contributed by atoms with Gasteiger partial charge in [0.05, 0.1) is 0 Å². The summed E-state index contributed by atoms with van der Waals surface area (Å²) in [5.41, 5.74) is 0.938. The smallest absolute Gasteiger partial charge is 0.227 e. The summed E-state index contributed by atoms with van der Waals surface area (Å²) in [5.74, 6) is 0.782. The van der Waals surface area contributed by atoms with Gasteiger partial charge in [-0.25, -0.2) is 0 Å². The quantitative estimate of drug-likeness (QED) is 0.895. The van der Waals surface area contributed by atoms with Gasteiger partial charge < -0.3 is 10.2 Å². The number of amides is 2. The van der Waals surface area contributed by atoms with Crippen molar-refractivity contribution in [2.24, 2.45) is 11.8 Å². The zero-order valence-electron chi connectivity index (χ0n) is 12.1. The predicted molar refractivity (Wildman–Crippen MR) is 79.4 cm³/mol. The second-order valence-electron chi connectivity index (χ2n) is 5.81. The number of benzene rings is 1. The molecule has 2 rings (SSSR count). The number of anilines is 1. The van der Waals surface area contributed by atoms with Crippen LogP contribution in [0.3, 0.4) is 0 Å². The Kier molecular flexibility index (Phi) is 4.77. The van der Waals surface area contributed by atoms with Crippen molar-refractivity contribution < 1.29 is 9.59 Å². The van der Waals surface area contributed by atoms with Crippen molar-refractivity contribution >= 4 is 17.5 Å². The zero-order chi connectivity index (χ0) is 14.5. The molecule has 1 aromatic carbocycles. The molecule has 0 saturated carbocycles. The average Bonchev–Trinajstić information content (AvgIpc) is 2.78. The molecule has 1 aliphatic heterocycles. The highest BCUT2D eigenvalue weighted by molar-refractivity contribution is 5.95. The van der Waals surface area contributed by atoms with Crippen LogP contribution in [0.5, 0.6) is 0 Å². The number of carbonyl (C=O) groups is 2. The second kappa shape index (κ2) is 6.55. The lowest BCUT2D eigenvalue weighted by molar-refractivity contribution is -0.122. The van der Waals surface area contributed by atoms with Crippen LogP contribution in [-0.4, -0.2) is 24.9 Å². The first kappa shape index (κ1) is 14.6. The molecular weight excluding hydrogens is 252 g/mol. The van der Waals surface area contributed by atoms with Gasteiger partial charge in [-0.2, -0.15) is 0 Å². The molecule has 1 fully saturated rings. The van der Waals surface area contributed by atoms with Gasteiger partial charge in [-0.3, -0.25) is 9.59 Å². The summed E-state index contributed by atoms with van der Waals surface area (Å²) < 4.78 is 0. The Labute approximate surface area is 120 Å². The summed E-state index contributed by atoms with van der Waals surface area (Å²) >= 11 is 0. The van der Waals surface area contributed by atoms with Crippen LogP contribution in [0.15, 0.2) is 30.3 Å². The van der Waals surface area contributed by atoms with Crippen LogP contribution >= 0.6 is 0 Å². The summed E-state index contributed by atoms with van der Waals surface area (Å²) in [6.45, 7) is 5.32. The van der Waals surface area contributed by atoms with Crippen molar-refractivity contribution in [3.05, 3.63) is 30.3 Å². The van der Waals surface area contributed by atoms with E-state index in [0.29, 0.717) is 31.8 Å². The fourth-order valence-corrected chi connectivity index (χ4v) is 2.48. The third kappa shape index (κ3) is 3.83. The summed E-state index contributed by atoms with van der Waals surface area (Å²) in [6, 6.07) is 9.68. The molecule has 4 heteroatoms. The maximum absolute atomic E-state index is 12.0. The molecule has 20 heavy (non-hydrogen) atoms. The molecular formula is C16H22N2O2. The summed E-state index contributed by atoms with van der Waals surface area (Å²) in [7, 11) is 0. The molecule has 1 N–H and O–H groups in total. The van der Waals surface area contributed by atoms with E-state index >= 15 is 0 Å². The Morgan fingerprint density at radius 2 is 2.05 bits per heavy atom. The standard InChI is InChI=1S/C16H22N2O2/c1-12(2)8-15(19)17-10-13-9-16(20)18(11-13)14-6-4-3-5-7-14/h3-7,12-13H,8-11H2,1-2H3,(H,17,19). The lowest BCUT2D eigenvalue weighted by Gasteiger charge is -2.17. The number of carbonyl (C=O) groups excluding carboxylic acids is 2. The van der Waals surface area contributed by atoms with Crippen molar-refractivity contribution in [1.82, 2.24) is 5.32 Å². The highest BCUT2D eigenvalue weighted by Crippen LogP contribution is 2.24. The van der Waals surface area contributed by atoms with Gasteiger partial charge in [-0.1, -0.05) is 32.0 Å². The topological polar surface area (TPSA) is 49.4 Å². The minimum Gasteiger partial charge on any atom is -0.356 e. The molecule has 108 valence electrons. The van der Waals surface area contributed by atoms with Crippen molar-refractivity contribution in [3.63, 3.8) is 0 Å². The maximum atomic E-state index is 12.0. The highest BCUT2D eigenvalue weighted by atomic mass is 16.2. The third-order valence-corrected chi connectivity index (χ3v) is 3.45. The Bertz CT molecular complexity index is 471. The predicted octanol–water partition coefficient (Wildman–Crippen LogP) is 2.20. The molecule has 2 amide bonds. The first-order chi connectivity index (χ1) is 9.56. The Morgan fingerprint density at radius 1 is 1.35 bits per heavy atom. The van der Waals surface area contributed by atoms with E-state index < -0.39 is 0 Å². The molecule has 0 aliphatic carbocycles. The fraction of sp³-hybridized carbons (Fsp3) is 0.500. The van der Waals surface area contributed by atoms with E-state index in [-0.39, 0.29) is 17.7 Å². The average molecular weight is 274 g/mol. The molecule has 0 radical (unpaired) electrons. The van der Waals surface area contributed by atoms with Gasteiger partial charge in [-0.05, 0) is 18.1 Å². The van der Waals surface area contributed by atoms with E-state index in [1.165, 1.54) is 0 Å². The molecule has 1 heterocycles. The Balaban J connectivity index is 1.85. The number of para-hydroxylation sites is 1. The van der Waals surface area contributed by atoms with Crippen molar-refractivity contribution in [1.29, 1.82) is 0 Å². The van der Waals surface area contributed by atoms with Crippen LogP contribution in [-0.2, 0) is 9.59 Å². The van der Waals surface area contributed by atoms with Crippen LogP contribution in [0.4, 0.5) is 5.69 Å². The molecule has 1 atom stereocenters. The third-order valence-electron chi connectivity index (χ3n) is 3.45. The lowest BCUT2D eigenvalue weighted by Crippen LogP contribution is -2.31. The van der Waals surface area contributed by atoms with Crippen molar-refractivity contribution in [2.75, 3.05) is 18.0 Å². The van der Waals surface area contributed by atoms with Gasteiger partial charge in [0.1, 0.15) is 0 Å². The summed E-state index contributed by atoms with van der Waals surface area (Å²) in [5, 5.41) is 2.93. The van der Waals surface area contributed by atoms with Crippen LogP contribution in [0.25, 0.3) is 0 Å². The van der Waals surface area contributed by atoms with Crippen LogP contribution < -0.4 is 10.2 Å². The molecule has 0 spiro atoms. The largest absolute Gasteiger partial charge is 0.356 e. The zero-order valence-corrected chi connectivity index (χ0v) is 12.1. The van der Waals surface area contributed by atoms with Crippen molar-refractivity contribution in [3.8, 4) is 0 Å². The molecule has 1 aromatic rings. The van der Waals surface area contributed by atoms with E-state index in [4.69, 9.17) is 0 Å². The monoisotopic (exact) mass is 274 g/mol. The highest BCUT2D eigenvalue weighted by Gasteiger charge is 2.30. The SMILES string of the molecule is CC(C)CC(=O)NCC1CC(=O)N(c2ccccc2)C1. The Hall–Kier alpha value is -1.84. The van der Waals surface area contributed by atoms with Crippen LogP contribution in [0.1, 0.15) is 26.7 Å². The normalized spacial score (nSPS) is 18.6. The maximum Gasteiger partial charge on any atom is 0.227 e. The first-order valence-electron chi connectivity index (χ1n) is 7.18. The minimum absolute atomic E-state index is 0.0746. The van der Waals surface area contributed by atoms with E-state index in [0.717, 1.165) is 5.69 Å². The van der Waals surface area contributed by atoms with E-state index in [1.54, 1.807) is 4.90 Å². The van der Waals surface area contributed by atoms with E-state index in [1.807, 2.05) is 44.2 Å². The van der Waals surface area contributed by atoms with Crippen LogP contribution in [0.2, 0.25) is 0 Å². The van der Waals surface area contributed by atoms with Gasteiger partial charge in [0.15, 0.2) is 0 Å². The molecule has 1 unspecified atom stereocenters. The van der Waals surface area contributed by atoms with Gasteiger partial charge in [0.2, 0.25) is 11.8 Å². The molecule has 1 saturated heterocycles. The molecule has 0 aromatic heterocycles. The van der Waals surface area contributed by atoms with Gasteiger partial charge in [0, 0.05) is 37.5 Å². The minimum atomic E-state index is 0.0746. The molecule has 1 aliphatic rings. The van der Waals surface area contributed by atoms with E-state index in [2.05, 4.69) is 5.32 Å². The van der Waals surface area contributed by atoms with Gasteiger partial charge >= 0.3 is 0 Å². The van der Waals surface area contributed by atoms with Crippen molar-refractivity contribution in [2.45, 2.75) is 26.7 Å². The number of nitrogens with one attached hydrogen (secondary N) is 1. The number of hydrogen-bond donors (Lipinski definition) is 1. The molecule has 0 bridgehead atoms. The second-order valence-corrected chi connectivity index (χ2v) is 5.81.